The zero-order valence-electron chi connectivity index (χ0n) is 9.98. The molecule has 0 aromatic heterocycles. The summed E-state index contributed by atoms with van der Waals surface area (Å²) in [5.74, 6) is 0.656. The number of nitrogens with two attached hydrogens (primary N) is 1. The van der Waals surface area contributed by atoms with Gasteiger partial charge >= 0.3 is 0 Å². The van der Waals surface area contributed by atoms with Crippen LogP contribution in [0.3, 0.4) is 0 Å². The van der Waals surface area contributed by atoms with Crippen LogP contribution in [0, 0.1) is 6.92 Å². The zero-order chi connectivity index (χ0) is 11.5. The minimum absolute atomic E-state index is 0.626. The molecule has 1 saturated carbocycles. The second-order valence-electron chi connectivity index (χ2n) is 4.51. The number of hydrogen-bond acceptors (Lipinski definition) is 1. The van der Waals surface area contributed by atoms with Gasteiger partial charge in [-0.2, -0.15) is 0 Å². The molecule has 0 saturated heterocycles. The van der Waals surface area contributed by atoms with E-state index in [9.17, 15) is 0 Å². The summed E-state index contributed by atoms with van der Waals surface area (Å²) in [5, 5.41) is 0. The van der Waals surface area contributed by atoms with Crippen molar-refractivity contribution in [3.05, 3.63) is 35.4 Å². The highest BCUT2D eigenvalue weighted by molar-refractivity contribution is 5.78. The molecule has 1 fully saturated rings. The molecule has 1 aromatic rings. The Kier molecular flexibility index (Phi) is 3.13. The van der Waals surface area contributed by atoms with Gasteiger partial charge in [0.1, 0.15) is 0 Å². The van der Waals surface area contributed by atoms with Gasteiger partial charge < -0.3 is 10.6 Å². The van der Waals surface area contributed by atoms with Crippen LogP contribution in [-0.4, -0.2) is 23.9 Å². The number of aliphatic imine (C=N–C) groups is 1. The molecule has 1 aromatic carbocycles. The Morgan fingerprint density at radius 3 is 2.88 bits per heavy atom. The quantitative estimate of drug-likeness (QED) is 0.620. The van der Waals surface area contributed by atoms with Crippen LogP contribution >= 0.6 is 0 Å². The van der Waals surface area contributed by atoms with Crippen LogP contribution in [0.25, 0.3) is 0 Å². The number of nitrogens with zero attached hydrogens (tertiary/aromatic N) is 2. The van der Waals surface area contributed by atoms with E-state index in [0.717, 1.165) is 0 Å². The highest BCUT2D eigenvalue weighted by Crippen LogP contribution is 2.24. The minimum atomic E-state index is 0.626. The fourth-order valence-corrected chi connectivity index (χ4v) is 1.74. The molecule has 86 valence electrons. The Balaban J connectivity index is 1.96. The van der Waals surface area contributed by atoms with Crippen LogP contribution in [0.15, 0.2) is 29.3 Å². The number of hydrogen-bond donors (Lipinski definition) is 1. The molecule has 0 radical (unpaired) electrons. The normalized spacial score (nSPS) is 16.2. The van der Waals surface area contributed by atoms with Gasteiger partial charge in [-0.05, 0) is 25.3 Å². The van der Waals surface area contributed by atoms with Crippen molar-refractivity contribution >= 4 is 5.96 Å². The van der Waals surface area contributed by atoms with Crippen molar-refractivity contribution in [3.63, 3.8) is 0 Å². The van der Waals surface area contributed by atoms with E-state index in [1.807, 2.05) is 7.05 Å². The second kappa shape index (κ2) is 4.56. The number of rotatable bonds is 3. The molecule has 16 heavy (non-hydrogen) atoms. The largest absolute Gasteiger partial charge is 0.370 e. The molecule has 0 atom stereocenters. The Labute approximate surface area is 97.0 Å². The topological polar surface area (TPSA) is 41.6 Å². The van der Waals surface area contributed by atoms with Gasteiger partial charge in [-0.15, -0.1) is 0 Å². The number of benzene rings is 1. The van der Waals surface area contributed by atoms with E-state index in [1.165, 1.54) is 24.0 Å². The van der Waals surface area contributed by atoms with Crippen molar-refractivity contribution in [2.45, 2.75) is 32.4 Å². The molecule has 0 amide bonds. The highest BCUT2D eigenvalue weighted by Gasteiger charge is 2.27. The zero-order valence-corrected chi connectivity index (χ0v) is 9.98. The first kappa shape index (κ1) is 11.0. The summed E-state index contributed by atoms with van der Waals surface area (Å²) in [4.78, 5) is 6.50. The van der Waals surface area contributed by atoms with E-state index < -0.39 is 0 Å². The highest BCUT2D eigenvalue weighted by atomic mass is 15.3. The van der Waals surface area contributed by atoms with E-state index in [4.69, 9.17) is 5.73 Å². The van der Waals surface area contributed by atoms with Gasteiger partial charge in [-0.1, -0.05) is 29.8 Å². The maximum atomic E-state index is 5.92. The lowest BCUT2D eigenvalue weighted by Gasteiger charge is -2.16. The van der Waals surface area contributed by atoms with Crippen LogP contribution in [0.4, 0.5) is 0 Å². The van der Waals surface area contributed by atoms with Crippen molar-refractivity contribution in [2.24, 2.45) is 10.7 Å². The van der Waals surface area contributed by atoms with Gasteiger partial charge in [0, 0.05) is 13.1 Å². The van der Waals surface area contributed by atoms with Crippen LogP contribution in [0.5, 0.6) is 0 Å². The fraction of sp³-hybridized carbons (Fsp3) is 0.462. The van der Waals surface area contributed by atoms with E-state index in [2.05, 4.69) is 41.1 Å². The van der Waals surface area contributed by atoms with E-state index in [0.29, 0.717) is 18.5 Å². The predicted octanol–water partition coefficient (Wildman–Crippen LogP) is 1.90. The van der Waals surface area contributed by atoms with Crippen LogP contribution in [0.2, 0.25) is 0 Å². The van der Waals surface area contributed by atoms with Crippen LogP contribution in [0.1, 0.15) is 24.0 Å². The maximum Gasteiger partial charge on any atom is 0.191 e. The van der Waals surface area contributed by atoms with Gasteiger partial charge in [0.25, 0.3) is 0 Å². The lowest BCUT2D eigenvalue weighted by atomic mass is 10.1. The van der Waals surface area contributed by atoms with Crippen molar-refractivity contribution in [1.82, 2.24) is 4.90 Å². The average Bonchev–Trinajstić information content (AvgIpc) is 3.09. The van der Waals surface area contributed by atoms with Gasteiger partial charge in [-0.3, -0.25) is 0 Å². The molecule has 2 rings (SSSR count). The lowest BCUT2D eigenvalue weighted by Crippen LogP contribution is -2.35. The number of guanidine groups is 1. The van der Waals surface area contributed by atoms with E-state index in [-0.39, 0.29) is 0 Å². The standard InChI is InChI=1S/C13H19N3/c1-10-4-3-5-11(8-10)9-15-13(14)16(2)12-6-7-12/h3-5,8,12H,6-7,9H2,1-2H3,(H2,14,15). The average molecular weight is 217 g/mol. The van der Waals surface area contributed by atoms with Crippen LogP contribution < -0.4 is 5.73 Å². The maximum absolute atomic E-state index is 5.92. The Bertz CT molecular complexity index is 394. The minimum Gasteiger partial charge on any atom is -0.370 e. The third kappa shape index (κ3) is 2.75. The molecular formula is C13H19N3. The van der Waals surface area contributed by atoms with Crippen molar-refractivity contribution in [2.75, 3.05) is 7.05 Å². The summed E-state index contributed by atoms with van der Waals surface area (Å²) in [6.07, 6.45) is 2.49. The van der Waals surface area contributed by atoms with E-state index >= 15 is 0 Å². The van der Waals surface area contributed by atoms with Gasteiger partial charge in [0.15, 0.2) is 5.96 Å². The van der Waals surface area contributed by atoms with Gasteiger partial charge in [0.05, 0.1) is 6.54 Å². The molecule has 1 aliphatic rings. The molecule has 3 nitrogen and oxygen atoms in total. The first-order chi connectivity index (χ1) is 7.66. The molecule has 0 spiro atoms. The molecule has 0 heterocycles. The summed E-state index contributed by atoms with van der Waals surface area (Å²) in [5.41, 5.74) is 8.40. The van der Waals surface area contributed by atoms with Crippen molar-refractivity contribution in [3.8, 4) is 0 Å². The van der Waals surface area contributed by atoms with Crippen molar-refractivity contribution < 1.29 is 0 Å². The number of aryl methyl sites for hydroxylation is 1. The predicted molar refractivity (Wildman–Crippen MR) is 67.3 cm³/mol. The monoisotopic (exact) mass is 217 g/mol. The van der Waals surface area contributed by atoms with Crippen LogP contribution in [-0.2, 0) is 6.54 Å². The summed E-state index contributed by atoms with van der Waals surface area (Å²) >= 11 is 0. The van der Waals surface area contributed by atoms with E-state index in [1.54, 1.807) is 0 Å². The first-order valence-corrected chi connectivity index (χ1v) is 5.75. The third-order valence-electron chi connectivity index (χ3n) is 2.96. The van der Waals surface area contributed by atoms with Gasteiger partial charge in [0.2, 0.25) is 0 Å². The molecule has 1 aliphatic carbocycles. The molecule has 3 heteroatoms. The summed E-state index contributed by atoms with van der Waals surface area (Å²) in [7, 11) is 2.02. The Morgan fingerprint density at radius 1 is 1.50 bits per heavy atom. The summed E-state index contributed by atoms with van der Waals surface area (Å²) in [6.45, 7) is 2.76. The molecule has 0 aliphatic heterocycles. The van der Waals surface area contributed by atoms with Gasteiger partial charge in [-0.25, -0.2) is 4.99 Å². The third-order valence-corrected chi connectivity index (χ3v) is 2.96. The summed E-state index contributed by atoms with van der Waals surface area (Å²) in [6, 6.07) is 9.00. The summed E-state index contributed by atoms with van der Waals surface area (Å²) < 4.78 is 0. The molecule has 0 bridgehead atoms. The smallest absolute Gasteiger partial charge is 0.191 e. The Hall–Kier alpha value is -1.51. The van der Waals surface area contributed by atoms with Crippen molar-refractivity contribution in [1.29, 1.82) is 0 Å². The molecular weight excluding hydrogens is 198 g/mol. The lowest BCUT2D eigenvalue weighted by molar-refractivity contribution is 0.487. The Morgan fingerprint density at radius 2 is 2.25 bits per heavy atom. The molecule has 2 N–H and O–H groups in total. The molecule has 0 unspecified atom stereocenters. The first-order valence-electron chi connectivity index (χ1n) is 5.75. The second-order valence-corrected chi connectivity index (χ2v) is 4.51. The SMILES string of the molecule is Cc1cccc(CN=C(N)N(C)C2CC2)c1. The fourth-order valence-electron chi connectivity index (χ4n) is 1.74.